The van der Waals surface area contributed by atoms with Gasteiger partial charge in [-0.1, -0.05) is 6.92 Å². The lowest BCUT2D eigenvalue weighted by atomic mass is 10.1. The number of anilines is 1. The van der Waals surface area contributed by atoms with Gasteiger partial charge in [-0.05, 0) is 38.5 Å². The first-order valence-electron chi connectivity index (χ1n) is 10.1. The van der Waals surface area contributed by atoms with E-state index < -0.39 is 17.8 Å². The van der Waals surface area contributed by atoms with Crippen LogP contribution >= 0.6 is 0 Å². The molecule has 30 heavy (non-hydrogen) atoms. The number of rotatable bonds is 7. The molecule has 0 aliphatic carbocycles. The van der Waals surface area contributed by atoms with Gasteiger partial charge < -0.3 is 20.3 Å². The SMILES string of the molecule is CCOc1ccc(NC(=O)N2CCN(CC(=O)NC(C)CC)CC2)c(C(F)(F)F)c1. The molecule has 0 spiro atoms. The minimum atomic E-state index is -4.63. The van der Waals surface area contributed by atoms with Crippen LogP contribution in [-0.2, 0) is 11.0 Å². The maximum Gasteiger partial charge on any atom is 0.418 e. The van der Waals surface area contributed by atoms with Crippen molar-refractivity contribution in [2.75, 3.05) is 44.6 Å². The van der Waals surface area contributed by atoms with Crippen molar-refractivity contribution in [3.8, 4) is 5.75 Å². The third-order valence-corrected chi connectivity index (χ3v) is 4.90. The van der Waals surface area contributed by atoms with E-state index in [9.17, 15) is 22.8 Å². The molecule has 1 aliphatic rings. The summed E-state index contributed by atoms with van der Waals surface area (Å²) in [5.41, 5.74) is -1.27. The van der Waals surface area contributed by atoms with Gasteiger partial charge in [0.25, 0.3) is 0 Å². The van der Waals surface area contributed by atoms with Crippen molar-refractivity contribution in [1.29, 1.82) is 0 Å². The molecule has 10 heteroatoms. The highest BCUT2D eigenvalue weighted by atomic mass is 19.4. The maximum atomic E-state index is 13.4. The van der Waals surface area contributed by atoms with Crippen molar-refractivity contribution in [2.24, 2.45) is 0 Å². The lowest BCUT2D eigenvalue weighted by Crippen LogP contribution is -2.52. The number of nitrogens with zero attached hydrogens (tertiary/aromatic N) is 2. The molecule has 168 valence electrons. The lowest BCUT2D eigenvalue weighted by molar-refractivity contribution is -0.137. The first-order chi connectivity index (χ1) is 14.1. The van der Waals surface area contributed by atoms with Crippen LogP contribution < -0.4 is 15.4 Å². The highest BCUT2D eigenvalue weighted by Crippen LogP contribution is 2.37. The number of halogens is 3. The van der Waals surface area contributed by atoms with Gasteiger partial charge in [0.1, 0.15) is 5.75 Å². The molecule has 0 aromatic heterocycles. The molecule has 3 amide bonds. The summed E-state index contributed by atoms with van der Waals surface area (Å²) in [7, 11) is 0. The summed E-state index contributed by atoms with van der Waals surface area (Å²) >= 11 is 0. The van der Waals surface area contributed by atoms with E-state index in [2.05, 4.69) is 10.6 Å². The Morgan fingerprint density at radius 2 is 1.83 bits per heavy atom. The van der Waals surface area contributed by atoms with Crippen LogP contribution in [0, 0.1) is 0 Å². The molecule has 2 rings (SSSR count). The predicted molar refractivity (Wildman–Crippen MR) is 108 cm³/mol. The van der Waals surface area contributed by atoms with Gasteiger partial charge in [0.2, 0.25) is 5.91 Å². The van der Waals surface area contributed by atoms with E-state index in [1.165, 1.54) is 17.0 Å². The summed E-state index contributed by atoms with van der Waals surface area (Å²) in [6.07, 6.45) is -3.79. The quantitative estimate of drug-likeness (QED) is 0.697. The summed E-state index contributed by atoms with van der Waals surface area (Å²) in [4.78, 5) is 27.8. The van der Waals surface area contributed by atoms with E-state index >= 15 is 0 Å². The summed E-state index contributed by atoms with van der Waals surface area (Å²) < 4.78 is 45.3. The average Bonchev–Trinajstić information content (AvgIpc) is 2.68. The Kier molecular flexibility index (Phi) is 8.33. The van der Waals surface area contributed by atoms with Crippen LogP contribution in [0.2, 0.25) is 0 Å². The Hall–Kier alpha value is -2.49. The molecular weight excluding hydrogens is 401 g/mol. The van der Waals surface area contributed by atoms with E-state index in [4.69, 9.17) is 4.74 Å². The normalized spacial score (nSPS) is 16.1. The van der Waals surface area contributed by atoms with Gasteiger partial charge in [0.15, 0.2) is 0 Å². The number of hydrogen-bond donors (Lipinski definition) is 2. The maximum absolute atomic E-state index is 13.4. The smallest absolute Gasteiger partial charge is 0.418 e. The topological polar surface area (TPSA) is 73.9 Å². The molecule has 1 saturated heterocycles. The van der Waals surface area contributed by atoms with Gasteiger partial charge in [-0.25, -0.2) is 4.79 Å². The molecule has 1 aromatic rings. The van der Waals surface area contributed by atoms with Crippen molar-refractivity contribution in [2.45, 2.75) is 39.4 Å². The molecule has 1 fully saturated rings. The number of hydrogen-bond acceptors (Lipinski definition) is 4. The van der Waals surface area contributed by atoms with Crippen molar-refractivity contribution in [3.05, 3.63) is 23.8 Å². The predicted octanol–water partition coefficient (Wildman–Crippen LogP) is 3.17. The minimum Gasteiger partial charge on any atom is -0.494 e. The summed E-state index contributed by atoms with van der Waals surface area (Å²) in [6.45, 7) is 7.64. The Balaban J connectivity index is 1.94. The molecule has 1 heterocycles. The molecule has 0 bridgehead atoms. The third-order valence-electron chi connectivity index (χ3n) is 4.90. The number of benzene rings is 1. The van der Waals surface area contributed by atoms with Crippen LogP contribution in [0.1, 0.15) is 32.8 Å². The summed E-state index contributed by atoms with van der Waals surface area (Å²) in [5, 5.41) is 5.25. The molecule has 1 atom stereocenters. The fourth-order valence-corrected chi connectivity index (χ4v) is 3.05. The summed E-state index contributed by atoms with van der Waals surface area (Å²) in [6, 6.07) is 2.96. The fraction of sp³-hybridized carbons (Fsp3) is 0.600. The van der Waals surface area contributed by atoms with Gasteiger partial charge in [-0.15, -0.1) is 0 Å². The van der Waals surface area contributed by atoms with Crippen molar-refractivity contribution in [3.63, 3.8) is 0 Å². The Labute approximate surface area is 174 Å². The van der Waals surface area contributed by atoms with Crippen LogP contribution in [0.15, 0.2) is 18.2 Å². The van der Waals surface area contributed by atoms with E-state index in [0.29, 0.717) is 26.2 Å². The zero-order valence-corrected chi connectivity index (χ0v) is 17.5. The number of urea groups is 1. The van der Waals surface area contributed by atoms with Crippen LogP contribution in [0.4, 0.5) is 23.7 Å². The number of carbonyl (C=O) groups is 2. The summed E-state index contributed by atoms with van der Waals surface area (Å²) in [5.74, 6) is 0.0126. The second-order valence-electron chi connectivity index (χ2n) is 7.21. The highest BCUT2D eigenvalue weighted by molar-refractivity contribution is 5.90. The number of piperazine rings is 1. The van der Waals surface area contributed by atoms with E-state index in [-0.39, 0.29) is 36.5 Å². The van der Waals surface area contributed by atoms with Crippen LogP contribution in [-0.4, -0.2) is 67.1 Å². The van der Waals surface area contributed by atoms with Crippen LogP contribution in [0.3, 0.4) is 0 Å². The largest absolute Gasteiger partial charge is 0.494 e. The zero-order valence-electron chi connectivity index (χ0n) is 17.5. The molecule has 0 saturated carbocycles. The van der Waals surface area contributed by atoms with Crippen LogP contribution in [0.5, 0.6) is 5.75 Å². The number of amides is 3. The van der Waals surface area contributed by atoms with E-state index in [1.807, 2.05) is 18.7 Å². The number of ether oxygens (including phenoxy) is 1. The number of nitrogens with one attached hydrogen (secondary N) is 2. The van der Waals surface area contributed by atoms with E-state index in [0.717, 1.165) is 12.5 Å². The average molecular weight is 430 g/mol. The fourth-order valence-electron chi connectivity index (χ4n) is 3.05. The Morgan fingerprint density at radius 1 is 1.17 bits per heavy atom. The lowest BCUT2D eigenvalue weighted by Gasteiger charge is -2.34. The molecule has 7 nitrogen and oxygen atoms in total. The van der Waals surface area contributed by atoms with E-state index in [1.54, 1.807) is 6.92 Å². The number of carbonyl (C=O) groups excluding carboxylic acids is 2. The molecule has 1 aliphatic heterocycles. The van der Waals surface area contributed by atoms with Gasteiger partial charge in [-0.3, -0.25) is 9.69 Å². The number of alkyl halides is 3. The standard InChI is InChI=1S/C20H29F3N4O3/c1-4-14(3)24-18(28)13-26-8-10-27(11-9-26)19(29)25-17-7-6-15(30-5-2)12-16(17)20(21,22)23/h6-7,12,14H,4-5,8-11,13H2,1-3H3,(H,24,28)(H,25,29). The molecule has 1 aromatic carbocycles. The van der Waals surface area contributed by atoms with Crippen molar-refractivity contribution in [1.82, 2.24) is 15.1 Å². The van der Waals surface area contributed by atoms with Gasteiger partial charge in [-0.2, -0.15) is 13.2 Å². The Bertz CT molecular complexity index is 734. The molecule has 1 unspecified atom stereocenters. The first-order valence-corrected chi connectivity index (χ1v) is 10.1. The molecule has 2 N–H and O–H groups in total. The van der Waals surface area contributed by atoms with Gasteiger partial charge in [0, 0.05) is 32.2 Å². The van der Waals surface area contributed by atoms with Crippen molar-refractivity contribution >= 4 is 17.6 Å². The molecule has 0 radical (unpaired) electrons. The zero-order chi connectivity index (χ0) is 22.3. The monoisotopic (exact) mass is 430 g/mol. The minimum absolute atomic E-state index is 0.0774. The first kappa shape index (κ1) is 23.8. The molecular formula is C20H29F3N4O3. The van der Waals surface area contributed by atoms with Gasteiger partial charge in [0.05, 0.1) is 24.4 Å². The third kappa shape index (κ3) is 6.79. The Morgan fingerprint density at radius 3 is 2.40 bits per heavy atom. The second kappa shape index (κ2) is 10.5. The van der Waals surface area contributed by atoms with Crippen LogP contribution in [0.25, 0.3) is 0 Å². The van der Waals surface area contributed by atoms with Gasteiger partial charge >= 0.3 is 12.2 Å². The second-order valence-corrected chi connectivity index (χ2v) is 7.21. The highest BCUT2D eigenvalue weighted by Gasteiger charge is 2.35. The van der Waals surface area contributed by atoms with Crippen molar-refractivity contribution < 1.29 is 27.5 Å².